The first kappa shape index (κ1) is 25.5. The predicted molar refractivity (Wildman–Crippen MR) is 131 cm³/mol. The Hall–Kier alpha value is -4.11. The molecule has 0 fully saturated rings. The van der Waals surface area contributed by atoms with Gasteiger partial charge in [0.1, 0.15) is 18.0 Å². The van der Waals surface area contributed by atoms with Crippen LogP contribution in [0.4, 0.5) is 0 Å². The molecule has 1 unspecified atom stereocenters. The molecule has 9 nitrogen and oxygen atoms in total. The molecule has 0 aliphatic rings. The van der Waals surface area contributed by atoms with Gasteiger partial charge in [0, 0.05) is 6.54 Å². The van der Waals surface area contributed by atoms with E-state index >= 15 is 0 Å². The third kappa shape index (κ3) is 7.72. The van der Waals surface area contributed by atoms with Gasteiger partial charge in [-0.25, -0.2) is 0 Å². The van der Waals surface area contributed by atoms with E-state index in [1.807, 2.05) is 24.3 Å². The summed E-state index contributed by atoms with van der Waals surface area (Å²) in [7, 11) is 0. The summed E-state index contributed by atoms with van der Waals surface area (Å²) in [6.45, 7) is 0.252. The van der Waals surface area contributed by atoms with Gasteiger partial charge in [0.25, 0.3) is 5.91 Å². The molecule has 0 saturated heterocycles. The van der Waals surface area contributed by atoms with E-state index in [9.17, 15) is 19.5 Å². The lowest BCUT2D eigenvalue weighted by Gasteiger charge is -2.14. The van der Waals surface area contributed by atoms with Gasteiger partial charge in [0.05, 0.1) is 18.2 Å². The maximum atomic E-state index is 12.5. The van der Waals surface area contributed by atoms with Gasteiger partial charge in [0.2, 0.25) is 5.91 Å². The zero-order valence-corrected chi connectivity index (χ0v) is 19.2. The predicted octanol–water partition coefficient (Wildman–Crippen LogP) is 2.20. The zero-order chi connectivity index (χ0) is 25.2. The number of unbranched alkanes of at least 4 members (excludes halogenated alkanes) is 1. The number of aliphatic carboxylic acids is 1. The van der Waals surface area contributed by atoms with Crippen LogP contribution in [0, 0.1) is 0 Å². The molecule has 184 valence electrons. The van der Waals surface area contributed by atoms with Gasteiger partial charge in [0.15, 0.2) is 0 Å². The van der Waals surface area contributed by atoms with E-state index < -0.39 is 24.5 Å². The number of amides is 2. The smallest absolute Gasteiger partial charge is 0.322 e. The number of hydrogen-bond donors (Lipinski definition) is 5. The number of nitrogens with two attached hydrogens (primary N) is 1. The van der Waals surface area contributed by atoms with Crippen molar-refractivity contribution in [3.63, 3.8) is 0 Å². The Labute approximate surface area is 202 Å². The third-order valence-electron chi connectivity index (χ3n) is 5.35. The number of carbonyl (C=O) groups excluding carboxylic acids is 2. The fourth-order valence-corrected chi connectivity index (χ4v) is 3.50. The van der Waals surface area contributed by atoms with Crippen molar-refractivity contribution in [2.45, 2.75) is 25.3 Å². The summed E-state index contributed by atoms with van der Waals surface area (Å²) in [6, 6.07) is 16.8. The molecular formula is C26H29N3O6. The monoisotopic (exact) mass is 479 g/mol. The van der Waals surface area contributed by atoms with Crippen LogP contribution in [0.1, 0.15) is 28.8 Å². The van der Waals surface area contributed by atoms with E-state index in [0.29, 0.717) is 38.2 Å². The van der Waals surface area contributed by atoms with Gasteiger partial charge in [-0.15, -0.1) is 0 Å². The van der Waals surface area contributed by atoms with Crippen LogP contribution in [0.15, 0.2) is 60.7 Å². The Morgan fingerprint density at radius 1 is 0.943 bits per heavy atom. The summed E-state index contributed by atoms with van der Waals surface area (Å²) >= 11 is 0. The molecule has 2 amide bonds. The number of benzene rings is 3. The highest BCUT2D eigenvalue weighted by atomic mass is 16.5. The molecule has 3 aromatic rings. The first-order chi connectivity index (χ1) is 16.8. The Morgan fingerprint density at radius 3 is 2.31 bits per heavy atom. The van der Waals surface area contributed by atoms with Crippen LogP contribution in [0.25, 0.3) is 10.8 Å². The van der Waals surface area contributed by atoms with E-state index in [4.69, 9.17) is 15.6 Å². The average Bonchev–Trinajstić information content (AvgIpc) is 2.85. The minimum Gasteiger partial charge on any atom is -0.508 e. The van der Waals surface area contributed by atoms with Crippen LogP contribution in [-0.2, 0) is 16.0 Å². The van der Waals surface area contributed by atoms with Crippen LogP contribution in [0.2, 0.25) is 0 Å². The lowest BCUT2D eigenvalue weighted by Crippen LogP contribution is -2.42. The topological polar surface area (TPSA) is 151 Å². The zero-order valence-electron chi connectivity index (χ0n) is 19.2. The standard InChI is InChI=1S/C26H29N3O6/c27-22(13-17-7-9-20(30)10-8-17)26(34)28-11-3-4-12-35-23-15-19-6-2-1-5-18(19)14-21(23)25(33)29-16-24(31)32/h1-2,5-10,14-15,22,30H,3-4,11-13,16,27H2,(H,28,34)(H,29,33)(H,31,32). The first-order valence-corrected chi connectivity index (χ1v) is 11.3. The van der Waals surface area contributed by atoms with E-state index in [0.717, 1.165) is 16.3 Å². The van der Waals surface area contributed by atoms with Crippen molar-refractivity contribution in [2.24, 2.45) is 5.73 Å². The van der Waals surface area contributed by atoms with E-state index in [2.05, 4.69) is 10.6 Å². The largest absolute Gasteiger partial charge is 0.508 e. The fourth-order valence-electron chi connectivity index (χ4n) is 3.50. The number of carboxylic acid groups (broad SMARTS) is 1. The van der Waals surface area contributed by atoms with Crippen molar-refractivity contribution in [3.8, 4) is 11.5 Å². The number of phenolic OH excluding ortho intramolecular Hbond substituents is 1. The second-order valence-electron chi connectivity index (χ2n) is 8.10. The van der Waals surface area contributed by atoms with Crippen LogP contribution < -0.4 is 21.1 Å². The summed E-state index contributed by atoms with van der Waals surface area (Å²) in [5.74, 6) is -1.39. The molecule has 0 heterocycles. The molecule has 0 spiro atoms. The lowest BCUT2D eigenvalue weighted by molar-refractivity contribution is -0.135. The third-order valence-corrected chi connectivity index (χ3v) is 5.35. The number of fused-ring (bicyclic) bond motifs is 1. The number of ether oxygens (including phenoxy) is 1. The normalized spacial score (nSPS) is 11.6. The van der Waals surface area contributed by atoms with Crippen LogP contribution >= 0.6 is 0 Å². The van der Waals surface area contributed by atoms with E-state index in [1.54, 1.807) is 36.4 Å². The molecule has 0 aromatic heterocycles. The molecule has 0 bridgehead atoms. The summed E-state index contributed by atoms with van der Waals surface area (Å²) in [5.41, 5.74) is 7.09. The number of carboxylic acids is 1. The van der Waals surface area contributed by atoms with Crippen molar-refractivity contribution >= 4 is 28.6 Å². The van der Waals surface area contributed by atoms with Gasteiger partial charge >= 0.3 is 5.97 Å². The highest BCUT2D eigenvalue weighted by Gasteiger charge is 2.16. The second kappa shape index (κ2) is 12.4. The number of rotatable bonds is 12. The van der Waals surface area contributed by atoms with E-state index in [-0.39, 0.29) is 17.2 Å². The van der Waals surface area contributed by atoms with Gasteiger partial charge in [-0.05, 0) is 59.9 Å². The molecule has 0 aliphatic carbocycles. The number of hydrogen-bond acceptors (Lipinski definition) is 6. The second-order valence-corrected chi connectivity index (χ2v) is 8.10. The molecule has 1 atom stereocenters. The SMILES string of the molecule is NC(Cc1ccc(O)cc1)C(=O)NCCCCOc1cc2ccccc2cc1C(=O)NCC(=O)O. The van der Waals surface area contributed by atoms with Gasteiger partial charge in [-0.3, -0.25) is 14.4 Å². The Kier molecular flexibility index (Phi) is 9.02. The highest BCUT2D eigenvalue weighted by Crippen LogP contribution is 2.26. The van der Waals surface area contributed by atoms with Gasteiger partial charge in [-0.2, -0.15) is 0 Å². The molecule has 0 saturated carbocycles. The number of phenols is 1. The van der Waals surface area contributed by atoms with Gasteiger partial charge in [-0.1, -0.05) is 36.4 Å². The van der Waals surface area contributed by atoms with Crippen LogP contribution in [0.3, 0.4) is 0 Å². The molecule has 35 heavy (non-hydrogen) atoms. The highest BCUT2D eigenvalue weighted by molar-refractivity contribution is 6.02. The molecular weight excluding hydrogens is 450 g/mol. The molecule has 6 N–H and O–H groups in total. The lowest BCUT2D eigenvalue weighted by atomic mass is 10.1. The molecule has 0 radical (unpaired) electrons. The first-order valence-electron chi connectivity index (χ1n) is 11.3. The summed E-state index contributed by atoms with van der Waals surface area (Å²) in [4.78, 5) is 35.5. The van der Waals surface area contributed by atoms with Crippen molar-refractivity contribution in [1.82, 2.24) is 10.6 Å². The minimum absolute atomic E-state index is 0.158. The van der Waals surface area contributed by atoms with Crippen molar-refractivity contribution in [2.75, 3.05) is 19.7 Å². The van der Waals surface area contributed by atoms with E-state index in [1.165, 1.54) is 0 Å². The minimum atomic E-state index is -1.13. The summed E-state index contributed by atoms with van der Waals surface area (Å²) < 4.78 is 5.85. The van der Waals surface area contributed by atoms with Crippen LogP contribution in [0.5, 0.6) is 11.5 Å². The Morgan fingerprint density at radius 2 is 1.63 bits per heavy atom. The molecule has 0 aliphatic heterocycles. The quantitative estimate of drug-likeness (QED) is 0.250. The molecule has 9 heteroatoms. The van der Waals surface area contributed by atoms with Crippen molar-refractivity contribution < 1.29 is 29.3 Å². The number of nitrogens with one attached hydrogen (secondary N) is 2. The van der Waals surface area contributed by atoms with Crippen molar-refractivity contribution in [3.05, 3.63) is 71.8 Å². The Bertz CT molecular complexity index is 1180. The Balaban J connectivity index is 1.48. The van der Waals surface area contributed by atoms with Gasteiger partial charge < -0.3 is 31.3 Å². The average molecular weight is 480 g/mol. The maximum absolute atomic E-state index is 12.5. The van der Waals surface area contributed by atoms with Crippen molar-refractivity contribution in [1.29, 1.82) is 0 Å². The fraction of sp³-hybridized carbons (Fsp3) is 0.269. The maximum Gasteiger partial charge on any atom is 0.322 e. The molecule has 3 aromatic carbocycles. The summed E-state index contributed by atoms with van der Waals surface area (Å²) in [5, 5.41) is 25.1. The summed E-state index contributed by atoms with van der Waals surface area (Å²) in [6.07, 6.45) is 1.63. The number of carbonyl (C=O) groups is 3. The van der Waals surface area contributed by atoms with Crippen LogP contribution in [-0.4, -0.2) is 53.7 Å². The number of aromatic hydroxyl groups is 1. The molecule has 3 rings (SSSR count).